The van der Waals surface area contributed by atoms with E-state index < -0.39 is 26.8 Å². The number of nitrogens with one attached hydrogen (secondary N) is 2. The zero-order chi connectivity index (χ0) is 21.7. The van der Waals surface area contributed by atoms with Gasteiger partial charge in [0.15, 0.2) is 0 Å². The first-order valence-corrected chi connectivity index (χ1v) is 11.4. The molecule has 1 aromatic carbocycles. The minimum absolute atomic E-state index is 0.0687. The first-order chi connectivity index (χ1) is 13.4. The minimum Gasteiger partial charge on any atom is -0.444 e. The van der Waals surface area contributed by atoms with E-state index in [0.717, 1.165) is 5.19 Å². The van der Waals surface area contributed by atoms with Gasteiger partial charge in [-0.25, -0.2) is 9.59 Å². The van der Waals surface area contributed by atoms with Gasteiger partial charge in [-0.05, 0) is 31.0 Å². The van der Waals surface area contributed by atoms with E-state index in [1.807, 2.05) is 39.0 Å². The van der Waals surface area contributed by atoms with Crippen LogP contribution in [0.4, 0.5) is 9.59 Å². The van der Waals surface area contributed by atoms with Crippen molar-refractivity contribution in [1.29, 1.82) is 0 Å². The molecule has 1 heterocycles. The summed E-state index contributed by atoms with van der Waals surface area (Å²) in [6.45, 7) is 12.6. The molecule has 2 amide bonds. The van der Waals surface area contributed by atoms with E-state index in [-0.39, 0.29) is 23.8 Å². The molecule has 1 aromatic rings. The molecule has 0 aromatic heterocycles. The molecule has 1 fully saturated rings. The van der Waals surface area contributed by atoms with Crippen LogP contribution in [0.2, 0.25) is 5.04 Å². The zero-order valence-corrected chi connectivity index (χ0v) is 19.2. The van der Waals surface area contributed by atoms with Crippen molar-refractivity contribution in [2.24, 2.45) is 0 Å². The summed E-state index contributed by atoms with van der Waals surface area (Å²) in [5.74, 6) is 0. The summed E-state index contributed by atoms with van der Waals surface area (Å²) in [5.41, 5.74) is -0.574. The Kier molecular flexibility index (Phi) is 7.71. The summed E-state index contributed by atoms with van der Waals surface area (Å²) in [7, 11) is -1.43. The van der Waals surface area contributed by atoms with Gasteiger partial charge in [0.1, 0.15) is 11.7 Å². The van der Waals surface area contributed by atoms with E-state index >= 15 is 0 Å². The van der Waals surface area contributed by atoms with Crippen molar-refractivity contribution < 1.29 is 23.5 Å². The number of carbonyl (C=O) groups excluding carboxylic acids is 2. The number of hydrogen-bond acceptors (Lipinski definition) is 5. The average Bonchev–Trinajstić information content (AvgIpc) is 3.00. The third-order valence-electron chi connectivity index (χ3n) is 4.15. The Morgan fingerprint density at radius 3 is 2.41 bits per heavy atom. The van der Waals surface area contributed by atoms with Crippen LogP contribution in [-0.2, 0) is 13.9 Å². The maximum absolute atomic E-state index is 12.1. The molecule has 2 atom stereocenters. The van der Waals surface area contributed by atoms with Crippen LogP contribution in [-0.4, -0.2) is 52.1 Å². The average molecular weight is 422 g/mol. The molecule has 0 aliphatic carbocycles. The second-order valence-electron chi connectivity index (χ2n) is 9.21. The SMILES string of the molecule is CC(C)(C)OC(=O)NCC(CC1CNC(=O)O1)O[Si](c1ccccc1)C(C)(C)C. The van der Waals surface area contributed by atoms with Gasteiger partial charge in [0.2, 0.25) is 0 Å². The topological polar surface area (TPSA) is 85.9 Å². The first-order valence-electron chi connectivity index (χ1n) is 9.95. The highest BCUT2D eigenvalue weighted by Crippen LogP contribution is 2.29. The van der Waals surface area contributed by atoms with E-state index in [4.69, 9.17) is 13.9 Å². The largest absolute Gasteiger partial charge is 0.444 e. The van der Waals surface area contributed by atoms with E-state index in [1.165, 1.54) is 0 Å². The molecule has 7 nitrogen and oxygen atoms in total. The van der Waals surface area contributed by atoms with Gasteiger partial charge >= 0.3 is 12.2 Å². The number of ether oxygens (including phenoxy) is 2. The highest BCUT2D eigenvalue weighted by molar-refractivity contribution is 6.70. The second-order valence-corrected chi connectivity index (χ2v) is 12.2. The van der Waals surface area contributed by atoms with Crippen LogP contribution in [0.25, 0.3) is 0 Å². The highest BCUT2D eigenvalue weighted by Gasteiger charge is 2.35. The molecular formula is C21H33N2O5Si. The van der Waals surface area contributed by atoms with Gasteiger partial charge in [-0.3, -0.25) is 0 Å². The summed E-state index contributed by atoms with van der Waals surface area (Å²) < 4.78 is 17.2. The minimum atomic E-state index is -1.43. The van der Waals surface area contributed by atoms with Crippen molar-refractivity contribution in [2.45, 2.75) is 70.8 Å². The fraction of sp³-hybridized carbons (Fsp3) is 0.619. The Morgan fingerprint density at radius 2 is 1.90 bits per heavy atom. The molecule has 0 saturated carbocycles. The lowest BCUT2D eigenvalue weighted by atomic mass is 10.1. The van der Waals surface area contributed by atoms with Crippen LogP contribution in [0.5, 0.6) is 0 Å². The van der Waals surface area contributed by atoms with Gasteiger partial charge < -0.3 is 24.5 Å². The maximum atomic E-state index is 12.1. The van der Waals surface area contributed by atoms with Crippen molar-refractivity contribution in [3.8, 4) is 0 Å². The van der Waals surface area contributed by atoms with Crippen LogP contribution in [0.1, 0.15) is 48.0 Å². The molecule has 0 bridgehead atoms. The summed E-state index contributed by atoms with van der Waals surface area (Å²) in [5, 5.41) is 6.56. The number of hydrogen-bond donors (Lipinski definition) is 2. The summed E-state index contributed by atoms with van der Waals surface area (Å²) in [6, 6.07) is 10.2. The van der Waals surface area contributed by atoms with E-state index in [2.05, 4.69) is 43.5 Å². The van der Waals surface area contributed by atoms with E-state index in [1.54, 1.807) is 0 Å². The van der Waals surface area contributed by atoms with E-state index in [9.17, 15) is 9.59 Å². The van der Waals surface area contributed by atoms with Crippen LogP contribution < -0.4 is 15.8 Å². The monoisotopic (exact) mass is 421 g/mol. The fourth-order valence-corrected chi connectivity index (χ4v) is 5.34. The molecule has 2 unspecified atom stereocenters. The van der Waals surface area contributed by atoms with Crippen LogP contribution in [0, 0.1) is 0 Å². The standard InChI is InChI=1S/C21H33N2O5Si/c1-20(2,3)27-19(25)23-14-16(12-15-13-22-18(24)26-15)28-29(21(4,5)6)17-10-8-7-9-11-17/h7-11,15-16H,12-14H2,1-6H3,(H,22,24)(H,23,25). The van der Waals surface area contributed by atoms with Crippen molar-refractivity contribution in [1.82, 2.24) is 10.6 Å². The third-order valence-corrected chi connectivity index (χ3v) is 6.94. The Hall–Kier alpha value is -2.06. The van der Waals surface area contributed by atoms with Gasteiger partial charge in [-0.2, -0.15) is 0 Å². The predicted octanol–water partition coefficient (Wildman–Crippen LogP) is 3.09. The molecule has 1 radical (unpaired) electrons. The quantitative estimate of drug-likeness (QED) is 0.661. The number of carbonyl (C=O) groups is 2. The molecule has 8 heteroatoms. The maximum Gasteiger partial charge on any atom is 0.407 e. The second kappa shape index (κ2) is 9.62. The normalized spacial score (nSPS) is 18.2. The predicted molar refractivity (Wildman–Crippen MR) is 114 cm³/mol. The van der Waals surface area contributed by atoms with Crippen LogP contribution in [0.15, 0.2) is 30.3 Å². The Morgan fingerprint density at radius 1 is 1.24 bits per heavy atom. The lowest BCUT2D eigenvalue weighted by molar-refractivity contribution is 0.0470. The molecule has 1 saturated heterocycles. The molecule has 161 valence electrons. The molecule has 2 rings (SSSR count). The third kappa shape index (κ3) is 8.06. The number of alkyl carbamates (subject to hydrolysis) is 2. The van der Waals surface area contributed by atoms with Crippen LogP contribution in [0.3, 0.4) is 0 Å². The number of amides is 2. The fourth-order valence-electron chi connectivity index (χ4n) is 2.98. The molecule has 1 aliphatic rings. The number of rotatable bonds is 7. The Labute approximate surface area is 175 Å². The highest BCUT2D eigenvalue weighted by atomic mass is 28.3. The molecule has 1 aliphatic heterocycles. The van der Waals surface area contributed by atoms with Crippen molar-refractivity contribution in [2.75, 3.05) is 13.1 Å². The molecule has 29 heavy (non-hydrogen) atoms. The van der Waals surface area contributed by atoms with Crippen molar-refractivity contribution in [3.05, 3.63) is 30.3 Å². The molecule has 0 spiro atoms. The van der Waals surface area contributed by atoms with Gasteiger partial charge in [0.05, 0.1) is 12.6 Å². The van der Waals surface area contributed by atoms with Crippen molar-refractivity contribution in [3.63, 3.8) is 0 Å². The van der Waals surface area contributed by atoms with Gasteiger partial charge in [-0.15, -0.1) is 0 Å². The first kappa shape index (κ1) is 23.2. The zero-order valence-electron chi connectivity index (χ0n) is 18.2. The van der Waals surface area contributed by atoms with Gasteiger partial charge in [-0.1, -0.05) is 51.1 Å². The van der Waals surface area contributed by atoms with Gasteiger partial charge in [0.25, 0.3) is 9.04 Å². The lowest BCUT2D eigenvalue weighted by Gasteiger charge is -2.33. The van der Waals surface area contributed by atoms with E-state index in [0.29, 0.717) is 13.0 Å². The number of cyclic esters (lactones) is 1. The summed E-state index contributed by atoms with van der Waals surface area (Å²) in [4.78, 5) is 23.5. The smallest absolute Gasteiger partial charge is 0.407 e. The summed E-state index contributed by atoms with van der Waals surface area (Å²) in [6.07, 6.45) is -1.01. The van der Waals surface area contributed by atoms with Gasteiger partial charge in [0, 0.05) is 13.0 Å². The van der Waals surface area contributed by atoms with Crippen LogP contribution >= 0.6 is 0 Å². The lowest BCUT2D eigenvalue weighted by Crippen LogP contribution is -2.48. The van der Waals surface area contributed by atoms with Crippen molar-refractivity contribution >= 4 is 26.4 Å². The summed E-state index contributed by atoms with van der Waals surface area (Å²) >= 11 is 0. The molecule has 2 N–H and O–H groups in total. The number of benzene rings is 1. The molecular weight excluding hydrogens is 388 g/mol. The Balaban J connectivity index is 2.11. The Bertz CT molecular complexity index is 685.